The molecule has 130 valence electrons. The van der Waals surface area contributed by atoms with Gasteiger partial charge in [0.05, 0.1) is 10.6 Å². The number of nitrogens with zero attached hydrogens (tertiary/aromatic N) is 1. The molecule has 0 aliphatic heterocycles. The highest BCUT2D eigenvalue weighted by Gasteiger charge is 2.15. The Balaban J connectivity index is 2.28. The van der Waals surface area contributed by atoms with Gasteiger partial charge in [-0.1, -0.05) is 42.3 Å². The summed E-state index contributed by atoms with van der Waals surface area (Å²) >= 11 is 6.31. The molecule has 0 radical (unpaired) electrons. The maximum absolute atomic E-state index is 6.38. The van der Waals surface area contributed by atoms with Crippen LogP contribution in [0.1, 0.15) is 29.2 Å². The first-order valence-corrected chi connectivity index (χ1v) is 8.59. The summed E-state index contributed by atoms with van der Waals surface area (Å²) < 4.78 is 1.81. The minimum Gasteiger partial charge on any atom is -0.388 e. The Morgan fingerprint density at radius 1 is 1.38 bits per heavy atom. The van der Waals surface area contributed by atoms with Gasteiger partial charge >= 0.3 is 0 Å². The molecule has 2 rings (SSSR count). The third kappa shape index (κ3) is 3.94. The zero-order valence-electron chi connectivity index (χ0n) is 14.9. The Kier molecular flexibility index (Phi) is 5.97. The Morgan fingerprint density at radius 2 is 2.08 bits per heavy atom. The summed E-state index contributed by atoms with van der Waals surface area (Å²) in [5, 5.41) is 3.79. The van der Waals surface area contributed by atoms with Crippen LogP contribution >= 0.6 is 11.6 Å². The lowest BCUT2D eigenvalue weighted by molar-refractivity contribution is 0.796. The van der Waals surface area contributed by atoms with Crippen molar-refractivity contribution in [3.63, 3.8) is 0 Å². The highest BCUT2D eigenvalue weighted by molar-refractivity contribution is 6.32. The Morgan fingerprint density at radius 3 is 2.62 bits per heavy atom. The van der Waals surface area contributed by atoms with Gasteiger partial charge in [0.15, 0.2) is 0 Å². The molecule has 4 nitrogen and oxygen atoms in total. The highest BCUT2D eigenvalue weighted by atomic mass is 35.5. The lowest BCUT2D eigenvalue weighted by Gasteiger charge is -2.15. The van der Waals surface area contributed by atoms with Gasteiger partial charge in [-0.2, -0.15) is 0 Å². The number of hydrogen-bond donors (Lipinski definition) is 3. The number of aryl methyl sites for hydroxylation is 3. The van der Waals surface area contributed by atoms with Gasteiger partial charge in [0.25, 0.3) is 0 Å². The third-order valence-corrected chi connectivity index (χ3v) is 4.59. The summed E-state index contributed by atoms with van der Waals surface area (Å²) in [6.45, 7) is 4.28. The molecule has 1 aromatic heterocycles. The number of hydrogen-bond acceptors (Lipinski definition) is 3. The molecule has 0 amide bonds. The zero-order valence-corrected chi connectivity index (χ0v) is 15.6. The van der Waals surface area contributed by atoms with Crippen LogP contribution in [0.2, 0.25) is 5.02 Å². The molecule has 0 fully saturated rings. The van der Waals surface area contributed by atoms with Crippen LogP contribution < -0.4 is 16.8 Å². The van der Waals surface area contributed by atoms with Gasteiger partial charge < -0.3 is 21.4 Å². The van der Waals surface area contributed by atoms with E-state index in [0.29, 0.717) is 10.8 Å². The minimum absolute atomic E-state index is 0.129. The summed E-state index contributed by atoms with van der Waals surface area (Å²) in [4.78, 5) is 0. The molecular weight excluding hydrogens is 320 g/mol. The fourth-order valence-corrected chi connectivity index (χ4v) is 3.32. The van der Waals surface area contributed by atoms with E-state index in [1.54, 1.807) is 6.20 Å². The van der Waals surface area contributed by atoms with Gasteiger partial charge in [0, 0.05) is 32.0 Å². The molecule has 0 saturated heterocycles. The first-order valence-electron chi connectivity index (χ1n) is 8.21. The van der Waals surface area contributed by atoms with Crippen LogP contribution in [0.4, 0.5) is 5.82 Å². The topological polar surface area (TPSA) is 69.0 Å². The number of aromatic nitrogens is 1. The summed E-state index contributed by atoms with van der Waals surface area (Å²) in [7, 11) is 3.72. The molecule has 0 bridgehead atoms. The quantitative estimate of drug-likeness (QED) is 0.752. The lowest BCUT2D eigenvalue weighted by Crippen LogP contribution is -2.23. The number of nitrogens with two attached hydrogens (primary N) is 2. The maximum Gasteiger partial charge on any atom is 0.114 e. The second kappa shape index (κ2) is 7.77. The van der Waals surface area contributed by atoms with Crippen LogP contribution in [0, 0.1) is 6.92 Å². The van der Waals surface area contributed by atoms with E-state index >= 15 is 0 Å². The summed E-state index contributed by atoms with van der Waals surface area (Å²) in [6.07, 6.45) is 5.58. The Labute approximate surface area is 149 Å². The van der Waals surface area contributed by atoms with E-state index in [2.05, 4.69) is 37.4 Å². The van der Waals surface area contributed by atoms with Gasteiger partial charge in [0.2, 0.25) is 0 Å². The van der Waals surface area contributed by atoms with Gasteiger partial charge in [-0.05, 0) is 37.0 Å². The van der Waals surface area contributed by atoms with E-state index in [0.717, 1.165) is 24.1 Å². The van der Waals surface area contributed by atoms with Gasteiger partial charge in [-0.25, -0.2) is 0 Å². The third-order valence-electron chi connectivity index (χ3n) is 4.30. The van der Waals surface area contributed by atoms with Crippen molar-refractivity contribution in [3.05, 3.63) is 57.7 Å². The van der Waals surface area contributed by atoms with Gasteiger partial charge in [-0.3, -0.25) is 0 Å². The Hall–Kier alpha value is -1.91. The molecule has 1 unspecified atom stereocenters. The van der Waals surface area contributed by atoms with Crippen molar-refractivity contribution in [2.45, 2.75) is 32.7 Å². The SMILES string of the molecule is CCc1cc(C)ccc1CC(N)/C=C(/NC)c1c(Cl)cn(C)c1N. The second-order valence-corrected chi connectivity index (χ2v) is 6.58. The first kappa shape index (κ1) is 18.4. The lowest BCUT2D eigenvalue weighted by atomic mass is 9.96. The standard InChI is InChI=1S/C19H27ClN4/c1-5-13-8-12(2)6-7-14(13)9-15(21)10-17(23-3)18-16(20)11-24(4)19(18)22/h6-8,10-11,15,23H,5,9,21-22H2,1-4H3/b17-10+. The monoisotopic (exact) mass is 346 g/mol. The van der Waals surface area contributed by atoms with E-state index in [1.807, 2.05) is 24.7 Å². The highest BCUT2D eigenvalue weighted by Crippen LogP contribution is 2.29. The summed E-state index contributed by atoms with van der Waals surface area (Å²) in [6, 6.07) is 6.41. The van der Waals surface area contributed by atoms with Crippen LogP contribution in [-0.4, -0.2) is 17.7 Å². The number of nitrogens with one attached hydrogen (secondary N) is 1. The van der Waals surface area contributed by atoms with E-state index in [4.69, 9.17) is 23.1 Å². The second-order valence-electron chi connectivity index (χ2n) is 6.17. The van der Waals surface area contributed by atoms with Crippen LogP contribution in [0.15, 0.2) is 30.5 Å². The molecule has 24 heavy (non-hydrogen) atoms. The van der Waals surface area contributed by atoms with E-state index < -0.39 is 0 Å². The van der Waals surface area contributed by atoms with Gasteiger partial charge in [-0.15, -0.1) is 0 Å². The number of anilines is 1. The van der Waals surface area contributed by atoms with Crippen LogP contribution in [0.25, 0.3) is 5.70 Å². The number of nitrogen functional groups attached to an aromatic ring is 1. The van der Waals surface area contributed by atoms with Crippen LogP contribution in [0.3, 0.4) is 0 Å². The average molecular weight is 347 g/mol. The predicted molar refractivity (Wildman–Crippen MR) is 104 cm³/mol. The normalized spacial score (nSPS) is 13.2. The van der Waals surface area contributed by atoms with Crippen molar-refractivity contribution < 1.29 is 0 Å². The van der Waals surface area contributed by atoms with Crippen molar-refractivity contribution in [2.75, 3.05) is 12.8 Å². The predicted octanol–water partition coefficient (Wildman–Crippen LogP) is 3.26. The molecule has 2 aromatic rings. The van der Waals surface area contributed by atoms with E-state index in [9.17, 15) is 0 Å². The maximum atomic E-state index is 6.38. The van der Waals surface area contributed by atoms with Crippen molar-refractivity contribution >= 4 is 23.1 Å². The fraction of sp³-hybridized carbons (Fsp3) is 0.368. The Bertz CT molecular complexity index is 746. The zero-order chi connectivity index (χ0) is 17.9. The molecule has 0 aliphatic carbocycles. The van der Waals surface area contributed by atoms with E-state index in [1.165, 1.54) is 16.7 Å². The minimum atomic E-state index is -0.129. The largest absolute Gasteiger partial charge is 0.388 e. The molecular formula is C19H27ClN4. The van der Waals surface area contributed by atoms with Crippen molar-refractivity contribution in [3.8, 4) is 0 Å². The van der Waals surface area contributed by atoms with Crippen molar-refractivity contribution in [2.24, 2.45) is 12.8 Å². The van der Waals surface area contributed by atoms with E-state index in [-0.39, 0.29) is 6.04 Å². The molecule has 5 N–H and O–H groups in total. The summed E-state index contributed by atoms with van der Waals surface area (Å²) in [5.41, 5.74) is 18.1. The number of halogens is 1. The molecule has 1 atom stereocenters. The molecule has 1 aromatic carbocycles. The fourth-order valence-electron chi connectivity index (χ4n) is 2.97. The van der Waals surface area contributed by atoms with Crippen LogP contribution in [0.5, 0.6) is 0 Å². The number of rotatable bonds is 6. The molecule has 0 saturated carbocycles. The smallest absolute Gasteiger partial charge is 0.114 e. The number of benzene rings is 1. The average Bonchev–Trinajstić information content (AvgIpc) is 2.79. The summed E-state index contributed by atoms with van der Waals surface area (Å²) in [5.74, 6) is 0.623. The molecule has 1 heterocycles. The van der Waals surface area contributed by atoms with Gasteiger partial charge in [0.1, 0.15) is 5.82 Å². The van der Waals surface area contributed by atoms with Crippen LogP contribution in [-0.2, 0) is 19.9 Å². The molecule has 0 aliphatic rings. The first-order chi connectivity index (χ1) is 11.4. The van der Waals surface area contributed by atoms with Crippen molar-refractivity contribution in [1.82, 2.24) is 9.88 Å². The van der Waals surface area contributed by atoms with Crippen molar-refractivity contribution in [1.29, 1.82) is 0 Å². The molecule has 5 heteroatoms. The molecule has 0 spiro atoms.